The zero-order valence-electron chi connectivity index (χ0n) is 11.0. The van der Waals surface area contributed by atoms with Crippen molar-refractivity contribution in [2.45, 2.75) is 26.7 Å². The molecule has 0 fully saturated rings. The van der Waals surface area contributed by atoms with Crippen LogP contribution in [-0.4, -0.2) is 16.8 Å². The van der Waals surface area contributed by atoms with E-state index in [0.29, 0.717) is 12.1 Å². The Labute approximate surface area is 111 Å². The zero-order valence-corrected chi connectivity index (χ0v) is 11.0. The van der Waals surface area contributed by atoms with E-state index in [2.05, 4.69) is 10.3 Å². The Morgan fingerprint density at radius 3 is 2.95 bits per heavy atom. The lowest BCUT2D eigenvalue weighted by atomic mass is 10.1. The van der Waals surface area contributed by atoms with E-state index in [4.69, 9.17) is 4.42 Å². The molecule has 1 N–H and O–H groups in total. The van der Waals surface area contributed by atoms with Crippen molar-refractivity contribution in [3.05, 3.63) is 30.2 Å². The Hall–Kier alpha value is -2.17. The van der Waals surface area contributed by atoms with Crippen LogP contribution >= 0.6 is 0 Å². The van der Waals surface area contributed by atoms with Gasteiger partial charge in [-0.05, 0) is 18.6 Å². The van der Waals surface area contributed by atoms with Crippen molar-refractivity contribution in [2.75, 3.05) is 0 Å². The van der Waals surface area contributed by atoms with Gasteiger partial charge >= 0.3 is 0 Å². The molecule has 19 heavy (non-hydrogen) atoms. The number of pyridine rings is 1. The van der Waals surface area contributed by atoms with E-state index < -0.39 is 0 Å². The average Bonchev–Trinajstić information content (AvgIpc) is 2.79. The number of fused-ring (bicyclic) bond motifs is 1. The molecule has 0 radical (unpaired) electrons. The lowest BCUT2D eigenvalue weighted by molar-refractivity contribution is -0.132. The maximum Gasteiger partial charge on any atom is 0.229 e. The summed E-state index contributed by atoms with van der Waals surface area (Å²) in [5, 5.41) is 3.27. The number of hydrogen-bond donors (Lipinski definition) is 1. The predicted molar refractivity (Wildman–Crippen MR) is 70.3 cm³/mol. The zero-order chi connectivity index (χ0) is 13.8. The fraction of sp³-hybridized carbons (Fsp3) is 0.357. The Kier molecular flexibility index (Phi) is 3.94. The van der Waals surface area contributed by atoms with Crippen molar-refractivity contribution >= 4 is 22.9 Å². The van der Waals surface area contributed by atoms with E-state index in [-0.39, 0.29) is 24.2 Å². The summed E-state index contributed by atoms with van der Waals surface area (Å²) >= 11 is 0. The minimum Gasteiger partial charge on any atom is -0.446 e. The number of carbonyl (C=O) groups excluding carboxylic acids is 2. The Morgan fingerprint density at radius 1 is 1.42 bits per heavy atom. The van der Waals surface area contributed by atoms with Crippen LogP contribution in [0.2, 0.25) is 0 Å². The van der Waals surface area contributed by atoms with Crippen molar-refractivity contribution in [3.63, 3.8) is 0 Å². The fourth-order valence-corrected chi connectivity index (χ4v) is 1.71. The van der Waals surface area contributed by atoms with Crippen LogP contribution in [-0.2, 0) is 16.0 Å². The maximum atomic E-state index is 11.6. The van der Waals surface area contributed by atoms with E-state index in [9.17, 15) is 9.59 Å². The first kappa shape index (κ1) is 13.3. The molecule has 0 saturated carbocycles. The number of nitrogens with one attached hydrogen (secondary N) is 1. The van der Waals surface area contributed by atoms with Crippen LogP contribution in [0.1, 0.15) is 25.8 Å². The first-order chi connectivity index (χ1) is 9.08. The molecule has 0 aliphatic carbocycles. The highest BCUT2D eigenvalue weighted by atomic mass is 16.3. The van der Waals surface area contributed by atoms with E-state index in [1.807, 2.05) is 12.1 Å². The lowest BCUT2D eigenvalue weighted by Crippen LogP contribution is -2.33. The van der Waals surface area contributed by atoms with E-state index in [1.54, 1.807) is 26.3 Å². The number of rotatable bonds is 4. The number of carbonyl (C=O) groups is 2. The number of hydrogen-bond acceptors (Lipinski definition) is 4. The molecule has 5 nitrogen and oxygen atoms in total. The summed E-state index contributed by atoms with van der Waals surface area (Å²) in [5.74, 6) is -0.705. The van der Waals surface area contributed by atoms with Crippen molar-refractivity contribution < 1.29 is 14.0 Å². The number of aryl methyl sites for hydroxylation is 1. The number of imide groups is 1. The van der Waals surface area contributed by atoms with E-state index >= 15 is 0 Å². The summed E-state index contributed by atoms with van der Waals surface area (Å²) in [7, 11) is 0. The molecule has 0 spiro atoms. The highest BCUT2D eigenvalue weighted by Crippen LogP contribution is 2.19. The molecule has 2 aromatic rings. The maximum absolute atomic E-state index is 11.6. The topological polar surface area (TPSA) is 72.2 Å². The van der Waals surface area contributed by atoms with Crippen LogP contribution in [0.15, 0.2) is 29.0 Å². The summed E-state index contributed by atoms with van der Waals surface area (Å²) in [4.78, 5) is 27.1. The largest absolute Gasteiger partial charge is 0.446 e. The monoisotopic (exact) mass is 260 g/mol. The summed E-state index contributed by atoms with van der Waals surface area (Å²) in [6.07, 6.45) is 4.04. The van der Waals surface area contributed by atoms with Crippen molar-refractivity contribution in [1.29, 1.82) is 0 Å². The Balaban J connectivity index is 1.95. The molecular formula is C14H16N2O3. The normalized spacial score (nSPS) is 10.9. The number of furan rings is 1. The van der Waals surface area contributed by atoms with Crippen molar-refractivity contribution in [2.24, 2.45) is 5.92 Å². The van der Waals surface area contributed by atoms with Gasteiger partial charge in [-0.15, -0.1) is 0 Å². The van der Waals surface area contributed by atoms with Gasteiger partial charge in [-0.2, -0.15) is 0 Å². The molecule has 0 aliphatic rings. The third-order valence-corrected chi connectivity index (χ3v) is 2.84. The molecule has 0 bridgehead atoms. The van der Waals surface area contributed by atoms with Gasteiger partial charge in [0, 0.05) is 29.5 Å². The molecular weight excluding hydrogens is 244 g/mol. The molecule has 0 atom stereocenters. The van der Waals surface area contributed by atoms with Gasteiger partial charge in [-0.1, -0.05) is 13.8 Å². The summed E-state index contributed by atoms with van der Waals surface area (Å²) in [5.41, 5.74) is 1.49. The Morgan fingerprint density at radius 2 is 2.21 bits per heavy atom. The molecule has 2 amide bonds. The second kappa shape index (κ2) is 5.65. The smallest absolute Gasteiger partial charge is 0.229 e. The number of amides is 2. The predicted octanol–water partition coefficient (Wildman–Crippen LogP) is 2.06. The minimum absolute atomic E-state index is 0.192. The SMILES string of the molecule is CC(C)C(=O)NC(=O)CCc1coc2ncccc12. The van der Waals surface area contributed by atoms with Crippen LogP contribution < -0.4 is 5.32 Å². The van der Waals surface area contributed by atoms with Crippen LogP contribution in [0.4, 0.5) is 0 Å². The third kappa shape index (κ3) is 3.19. The van der Waals surface area contributed by atoms with Gasteiger partial charge in [-0.3, -0.25) is 14.9 Å². The molecule has 100 valence electrons. The molecule has 2 aromatic heterocycles. The Bertz CT molecular complexity index is 602. The molecule has 2 heterocycles. The van der Waals surface area contributed by atoms with Gasteiger partial charge in [0.25, 0.3) is 0 Å². The van der Waals surface area contributed by atoms with Gasteiger partial charge < -0.3 is 4.42 Å². The van der Waals surface area contributed by atoms with Gasteiger partial charge in [-0.25, -0.2) is 4.98 Å². The average molecular weight is 260 g/mol. The van der Waals surface area contributed by atoms with Crippen LogP contribution in [0.3, 0.4) is 0 Å². The van der Waals surface area contributed by atoms with Gasteiger partial charge in [0.2, 0.25) is 17.5 Å². The van der Waals surface area contributed by atoms with Crippen LogP contribution in [0.25, 0.3) is 11.1 Å². The fourth-order valence-electron chi connectivity index (χ4n) is 1.71. The third-order valence-electron chi connectivity index (χ3n) is 2.84. The van der Waals surface area contributed by atoms with E-state index in [1.165, 1.54) is 0 Å². The summed E-state index contributed by atoms with van der Waals surface area (Å²) < 4.78 is 5.29. The number of aromatic nitrogens is 1. The molecule has 2 rings (SSSR count). The molecule has 0 unspecified atom stereocenters. The highest BCUT2D eigenvalue weighted by Gasteiger charge is 2.13. The number of nitrogens with zero attached hydrogens (tertiary/aromatic N) is 1. The van der Waals surface area contributed by atoms with Crippen LogP contribution in [0.5, 0.6) is 0 Å². The van der Waals surface area contributed by atoms with Gasteiger partial charge in [0.1, 0.15) is 0 Å². The quantitative estimate of drug-likeness (QED) is 0.913. The van der Waals surface area contributed by atoms with Crippen molar-refractivity contribution in [3.8, 4) is 0 Å². The minimum atomic E-state index is -0.267. The second-order valence-corrected chi connectivity index (χ2v) is 4.68. The molecule has 0 aromatic carbocycles. The van der Waals surface area contributed by atoms with Crippen LogP contribution in [0, 0.1) is 5.92 Å². The molecule has 5 heteroatoms. The first-order valence-electron chi connectivity index (χ1n) is 6.22. The summed E-state index contributed by atoms with van der Waals surface area (Å²) in [6, 6.07) is 3.72. The first-order valence-corrected chi connectivity index (χ1v) is 6.22. The lowest BCUT2D eigenvalue weighted by Gasteiger charge is -2.05. The molecule has 0 aliphatic heterocycles. The standard InChI is InChI=1S/C14H16N2O3/c1-9(2)13(18)16-12(17)6-5-10-8-19-14-11(10)4-3-7-15-14/h3-4,7-9H,5-6H2,1-2H3,(H,16,17,18). The van der Waals surface area contributed by atoms with Gasteiger partial charge in [0.05, 0.1) is 6.26 Å². The highest BCUT2D eigenvalue weighted by molar-refractivity contribution is 5.96. The van der Waals surface area contributed by atoms with Crippen molar-refractivity contribution in [1.82, 2.24) is 10.3 Å². The van der Waals surface area contributed by atoms with Gasteiger partial charge in [0.15, 0.2) is 0 Å². The second-order valence-electron chi connectivity index (χ2n) is 4.68. The summed E-state index contributed by atoms with van der Waals surface area (Å²) in [6.45, 7) is 3.50. The van der Waals surface area contributed by atoms with E-state index in [0.717, 1.165) is 10.9 Å². The molecule has 0 saturated heterocycles.